The van der Waals surface area contributed by atoms with Crippen LogP contribution in [0.1, 0.15) is 329 Å². The van der Waals surface area contributed by atoms with Gasteiger partial charge in [0.15, 0.2) is 6.10 Å². The minimum absolute atomic E-state index is 0.0666. The molecular weight excluding hydrogens is 805 g/mol. The summed E-state index contributed by atoms with van der Waals surface area (Å²) in [5.74, 6) is -0.852. The lowest BCUT2D eigenvalue weighted by atomic mass is 10.0. The highest BCUT2D eigenvalue weighted by Crippen LogP contribution is 2.17. The van der Waals surface area contributed by atoms with E-state index >= 15 is 0 Å². The Labute approximate surface area is 405 Å². The monoisotopic (exact) mass is 917 g/mol. The molecule has 0 saturated carbocycles. The van der Waals surface area contributed by atoms with Crippen LogP contribution in [-0.4, -0.2) is 37.2 Å². The Morgan fingerprint density at radius 2 is 0.523 bits per heavy atom. The minimum Gasteiger partial charge on any atom is -0.462 e. The molecule has 0 aromatic heterocycles. The van der Waals surface area contributed by atoms with E-state index in [1.165, 1.54) is 225 Å². The van der Waals surface area contributed by atoms with E-state index in [0.717, 1.165) is 64.2 Å². The van der Waals surface area contributed by atoms with E-state index < -0.39 is 6.10 Å². The highest BCUT2D eigenvalue weighted by atomic mass is 16.6. The normalized spacial score (nSPS) is 12.0. The van der Waals surface area contributed by atoms with Crippen LogP contribution < -0.4 is 0 Å². The van der Waals surface area contributed by atoms with Gasteiger partial charge in [-0.25, -0.2) is 0 Å². The van der Waals surface area contributed by atoms with Gasteiger partial charge in [0.05, 0.1) is 0 Å². The lowest BCUT2D eigenvalue weighted by Crippen LogP contribution is -2.30. The van der Waals surface area contributed by atoms with Gasteiger partial charge in [0.2, 0.25) is 0 Å². The molecule has 0 radical (unpaired) electrons. The minimum atomic E-state index is -0.767. The van der Waals surface area contributed by atoms with Crippen molar-refractivity contribution < 1.29 is 28.6 Å². The average molecular weight is 918 g/mol. The van der Waals surface area contributed by atoms with E-state index in [1.54, 1.807) is 0 Å². The molecule has 0 aliphatic carbocycles. The fourth-order valence-electron chi connectivity index (χ4n) is 8.84. The Hall–Kier alpha value is -1.85. The van der Waals surface area contributed by atoms with Crippen LogP contribution in [0.4, 0.5) is 0 Å². The van der Waals surface area contributed by atoms with Gasteiger partial charge in [-0.15, -0.1) is 0 Å². The van der Waals surface area contributed by atoms with Gasteiger partial charge in [-0.1, -0.05) is 283 Å². The molecule has 384 valence electrons. The zero-order valence-electron chi connectivity index (χ0n) is 44.0. The predicted molar refractivity (Wildman–Crippen MR) is 280 cm³/mol. The Kier molecular flexibility index (Phi) is 53.2. The number of carbonyl (C=O) groups excluding carboxylic acids is 3. The van der Waals surface area contributed by atoms with Crippen molar-refractivity contribution in [2.24, 2.45) is 0 Å². The molecule has 0 saturated heterocycles. The fourth-order valence-corrected chi connectivity index (χ4v) is 8.84. The zero-order chi connectivity index (χ0) is 47.2. The van der Waals surface area contributed by atoms with E-state index in [-0.39, 0.29) is 31.1 Å². The molecule has 1 atom stereocenters. The lowest BCUT2D eigenvalue weighted by Gasteiger charge is -2.18. The molecule has 6 nitrogen and oxygen atoms in total. The highest BCUT2D eigenvalue weighted by Gasteiger charge is 2.19. The number of hydrogen-bond donors (Lipinski definition) is 0. The van der Waals surface area contributed by atoms with Crippen molar-refractivity contribution in [1.82, 2.24) is 0 Å². The second-order valence-corrected chi connectivity index (χ2v) is 19.9. The van der Waals surface area contributed by atoms with E-state index in [4.69, 9.17) is 14.2 Å². The SMILES string of the molecule is CCCC/C=C\CCCCCCCC(=O)OC[C@H](COC(=O)CCCCCCCCCCCCCCCCCCCCC)OC(=O)CCCCCCCCCCCCCCCCCCC. The van der Waals surface area contributed by atoms with Crippen LogP contribution in [-0.2, 0) is 28.6 Å². The standard InChI is InChI=1S/C59H112O6/c1-4-7-10-13-16-19-22-24-26-28-29-31-32-34-37-40-43-46-49-52-58(61)64-55-56(54-63-57(60)51-48-45-42-39-36-21-18-15-12-9-6-3)65-59(62)53-50-47-44-41-38-35-33-30-27-25-23-20-17-14-11-8-5-2/h15,18,56H,4-14,16-17,19-55H2,1-3H3/b18-15-/t56-/m1/s1. The first-order valence-corrected chi connectivity index (χ1v) is 29.2. The molecule has 0 aromatic rings. The van der Waals surface area contributed by atoms with Gasteiger partial charge >= 0.3 is 17.9 Å². The Morgan fingerprint density at radius 3 is 0.815 bits per heavy atom. The van der Waals surface area contributed by atoms with Gasteiger partial charge in [0.1, 0.15) is 13.2 Å². The smallest absolute Gasteiger partial charge is 0.306 e. The molecule has 65 heavy (non-hydrogen) atoms. The topological polar surface area (TPSA) is 78.9 Å². The van der Waals surface area contributed by atoms with Crippen molar-refractivity contribution in [3.8, 4) is 0 Å². The molecule has 0 heterocycles. The largest absolute Gasteiger partial charge is 0.462 e. The van der Waals surface area contributed by atoms with Gasteiger partial charge in [-0.05, 0) is 38.5 Å². The molecule has 0 aliphatic heterocycles. The number of esters is 3. The molecule has 6 heteroatoms. The number of unbranched alkanes of at least 4 members (excludes halogenated alkanes) is 41. The van der Waals surface area contributed by atoms with Gasteiger partial charge in [0, 0.05) is 19.3 Å². The summed E-state index contributed by atoms with van der Waals surface area (Å²) < 4.78 is 16.9. The summed E-state index contributed by atoms with van der Waals surface area (Å²) in [6, 6.07) is 0. The number of rotatable bonds is 54. The van der Waals surface area contributed by atoms with Crippen LogP contribution in [0, 0.1) is 0 Å². The molecule has 0 bridgehead atoms. The Morgan fingerprint density at radius 1 is 0.292 bits per heavy atom. The van der Waals surface area contributed by atoms with Crippen LogP contribution in [0.3, 0.4) is 0 Å². The third-order valence-electron chi connectivity index (χ3n) is 13.3. The molecule has 0 amide bonds. The van der Waals surface area contributed by atoms with Crippen LogP contribution >= 0.6 is 0 Å². The lowest BCUT2D eigenvalue weighted by molar-refractivity contribution is -0.167. The summed E-state index contributed by atoms with van der Waals surface area (Å²) in [5.41, 5.74) is 0. The first-order valence-electron chi connectivity index (χ1n) is 29.2. The van der Waals surface area contributed by atoms with Gasteiger partial charge < -0.3 is 14.2 Å². The van der Waals surface area contributed by atoms with E-state index in [2.05, 4.69) is 32.9 Å². The van der Waals surface area contributed by atoms with Crippen molar-refractivity contribution >= 4 is 17.9 Å². The first kappa shape index (κ1) is 63.1. The molecule has 0 rings (SSSR count). The number of hydrogen-bond acceptors (Lipinski definition) is 6. The van der Waals surface area contributed by atoms with Crippen LogP contribution in [0.5, 0.6) is 0 Å². The van der Waals surface area contributed by atoms with Crippen LogP contribution in [0.2, 0.25) is 0 Å². The maximum atomic E-state index is 12.8. The van der Waals surface area contributed by atoms with Gasteiger partial charge in [-0.2, -0.15) is 0 Å². The summed E-state index contributed by atoms with van der Waals surface area (Å²) in [7, 11) is 0. The zero-order valence-corrected chi connectivity index (χ0v) is 44.0. The summed E-state index contributed by atoms with van der Waals surface area (Å²) in [4.78, 5) is 38.1. The van der Waals surface area contributed by atoms with Crippen molar-refractivity contribution in [2.45, 2.75) is 335 Å². The Bertz CT molecular complexity index is 1010. The van der Waals surface area contributed by atoms with Crippen LogP contribution in [0.25, 0.3) is 0 Å². The predicted octanol–water partition coefficient (Wildman–Crippen LogP) is 19.3. The molecular formula is C59H112O6. The molecule has 0 N–H and O–H groups in total. The van der Waals surface area contributed by atoms with Crippen LogP contribution in [0.15, 0.2) is 12.2 Å². The second kappa shape index (κ2) is 54.8. The molecule has 0 aliphatic rings. The van der Waals surface area contributed by atoms with Crippen molar-refractivity contribution in [1.29, 1.82) is 0 Å². The number of ether oxygens (including phenoxy) is 3. The molecule has 0 fully saturated rings. The fraction of sp³-hybridized carbons (Fsp3) is 0.915. The van der Waals surface area contributed by atoms with Gasteiger partial charge in [-0.3, -0.25) is 14.4 Å². The van der Waals surface area contributed by atoms with Crippen molar-refractivity contribution in [2.75, 3.05) is 13.2 Å². The third-order valence-corrected chi connectivity index (χ3v) is 13.3. The molecule has 0 spiro atoms. The average Bonchev–Trinajstić information content (AvgIpc) is 3.30. The maximum absolute atomic E-state index is 12.8. The number of carbonyl (C=O) groups is 3. The maximum Gasteiger partial charge on any atom is 0.306 e. The summed E-state index contributed by atoms with van der Waals surface area (Å²) >= 11 is 0. The van der Waals surface area contributed by atoms with E-state index in [1.807, 2.05) is 0 Å². The van der Waals surface area contributed by atoms with Crippen molar-refractivity contribution in [3.63, 3.8) is 0 Å². The highest BCUT2D eigenvalue weighted by molar-refractivity contribution is 5.71. The third kappa shape index (κ3) is 53.0. The van der Waals surface area contributed by atoms with Crippen molar-refractivity contribution in [3.05, 3.63) is 12.2 Å². The molecule has 0 aromatic carbocycles. The number of allylic oxidation sites excluding steroid dienone is 2. The van der Waals surface area contributed by atoms with E-state index in [0.29, 0.717) is 19.3 Å². The Balaban J connectivity index is 4.25. The van der Waals surface area contributed by atoms with Gasteiger partial charge in [0.25, 0.3) is 0 Å². The van der Waals surface area contributed by atoms with E-state index in [9.17, 15) is 14.4 Å². The summed E-state index contributed by atoms with van der Waals surface area (Å²) in [5, 5.41) is 0. The summed E-state index contributed by atoms with van der Waals surface area (Å²) in [6.07, 6.45) is 62.1. The molecule has 0 unspecified atom stereocenters. The first-order chi connectivity index (χ1) is 32.0. The second-order valence-electron chi connectivity index (χ2n) is 19.9. The quantitative estimate of drug-likeness (QED) is 0.0262. The summed E-state index contributed by atoms with van der Waals surface area (Å²) in [6.45, 7) is 6.66.